The molecule has 0 aliphatic carbocycles. The molecule has 0 unspecified atom stereocenters. The highest BCUT2D eigenvalue weighted by atomic mass is 15.2. The van der Waals surface area contributed by atoms with Gasteiger partial charge < -0.3 is 9.29 Å². The molecule has 24 heavy (non-hydrogen) atoms. The third-order valence-electron chi connectivity index (χ3n) is 4.98. The summed E-state index contributed by atoms with van der Waals surface area (Å²) in [5.41, 5.74) is 6.49. The predicted molar refractivity (Wildman–Crippen MR) is 102 cm³/mol. The largest absolute Gasteiger partial charge is 0.417 e. The van der Waals surface area contributed by atoms with Crippen molar-refractivity contribution in [1.29, 1.82) is 0 Å². The number of aromatic nitrogens is 2. The van der Waals surface area contributed by atoms with E-state index in [4.69, 9.17) is 0 Å². The van der Waals surface area contributed by atoms with Gasteiger partial charge in [0.05, 0.1) is 0 Å². The molecule has 0 N–H and O–H groups in total. The molecule has 0 fully saturated rings. The summed E-state index contributed by atoms with van der Waals surface area (Å²) in [6.45, 7) is 9.08. The number of rotatable bonds is 2. The summed E-state index contributed by atoms with van der Waals surface area (Å²) in [5, 5.41) is 0. The molecule has 0 saturated carbocycles. The summed E-state index contributed by atoms with van der Waals surface area (Å²) >= 11 is 0. The van der Waals surface area contributed by atoms with Crippen LogP contribution in [0.1, 0.15) is 25.0 Å². The maximum atomic E-state index is 4.66. The lowest BCUT2D eigenvalue weighted by Crippen LogP contribution is -2.60. The fraction of sp³-hybridized carbons (Fsp3) is 0.250. The molecule has 0 bridgehead atoms. The molecule has 4 rings (SSSR count). The second kappa shape index (κ2) is 5.55. The molecule has 3 aromatic rings. The highest BCUT2D eigenvalue weighted by Crippen LogP contribution is 2.36. The van der Waals surface area contributed by atoms with E-state index >= 15 is 0 Å². The molecule has 0 atom stereocenters. The molecule has 0 radical (unpaired) electrons. The number of anilines is 1. The van der Waals surface area contributed by atoms with Gasteiger partial charge in [0, 0.05) is 29.7 Å². The summed E-state index contributed by atoms with van der Waals surface area (Å²) in [7, 11) is 0. The molecule has 3 nitrogen and oxygen atoms in total. The Kier molecular flexibility index (Phi) is 3.49. The summed E-state index contributed by atoms with van der Waals surface area (Å²) in [6.07, 6.45) is 4.02. The molecule has 4 heteroatoms. The van der Waals surface area contributed by atoms with Crippen LogP contribution < -0.4 is 10.3 Å². The monoisotopic (exact) mass is 315 g/mol. The van der Waals surface area contributed by atoms with Crippen LogP contribution >= 0.6 is 0 Å². The third kappa shape index (κ3) is 2.09. The van der Waals surface area contributed by atoms with E-state index < -0.39 is 0 Å². The first-order valence-corrected chi connectivity index (χ1v) is 8.56. The van der Waals surface area contributed by atoms with Crippen LogP contribution in [0.4, 0.5) is 5.69 Å². The van der Waals surface area contributed by atoms with E-state index in [-0.39, 0.29) is 6.98 Å². The summed E-state index contributed by atoms with van der Waals surface area (Å²) in [6, 6.07) is 15.5. The lowest BCUT2D eigenvalue weighted by molar-refractivity contribution is 0.801. The number of hydrogen-bond acceptors (Lipinski definition) is 2. The molecular formula is C20H22BN3. The van der Waals surface area contributed by atoms with Gasteiger partial charge in [-0.05, 0) is 45.3 Å². The van der Waals surface area contributed by atoms with Gasteiger partial charge in [-0.15, -0.1) is 0 Å². The van der Waals surface area contributed by atoms with Gasteiger partial charge >= 0.3 is 6.98 Å². The summed E-state index contributed by atoms with van der Waals surface area (Å²) < 4.78 is 2.32. The second-order valence-corrected chi connectivity index (χ2v) is 6.86. The van der Waals surface area contributed by atoms with Crippen LogP contribution in [0.15, 0.2) is 54.9 Å². The Morgan fingerprint density at radius 1 is 0.958 bits per heavy atom. The Morgan fingerprint density at radius 3 is 2.38 bits per heavy atom. The smallest absolute Gasteiger partial charge is 0.389 e. The molecule has 2 heterocycles. The molecule has 120 valence electrons. The first-order chi connectivity index (χ1) is 11.6. The van der Waals surface area contributed by atoms with Crippen molar-refractivity contribution in [3.63, 3.8) is 0 Å². The van der Waals surface area contributed by atoms with Crippen LogP contribution in [-0.2, 0) is 0 Å². The minimum Gasteiger partial charge on any atom is -0.389 e. The van der Waals surface area contributed by atoms with Gasteiger partial charge in [0.15, 0.2) is 0 Å². The quantitative estimate of drug-likeness (QED) is 0.673. The van der Waals surface area contributed by atoms with Crippen LogP contribution in [-0.4, -0.2) is 22.5 Å². The van der Waals surface area contributed by atoms with Crippen LogP contribution in [0.5, 0.6) is 0 Å². The van der Waals surface area contributed by atoms with E-state index in [0.29, 0.717) is 6.04 Å². The van der Waals surface area contributed by atoms with Crippen molar-refractivity contribution >= 4 is 18.1 Å². The maximum absolute atomic E-state index is 4.66. The van der Waals surface area contributed by atoms with Crippen molar-refractivity contribution in [2.45, 2.75) is 33.7 Å². The molecular weight excluding hydrogens is 293 g/mol. The van der Waals surface area contributed by atoms with Crippen molar-refractivity contribution in [3.05, 3.63) is 66.0 Å². The predicted octanol–water partition coefficient (Wildman–Crippen LogP) is 3.64. The highest BCUT2D eigenvalue weighted by Gasteiger charge is 2.39. The van der Waals surface area contributed by atoms with Crippen molar-refractivity contribution in [1.82, 2.24) is 9.46 Å². The van der Waals surface area contributed by atoms with E-state index in [0.717, 1.165) is 5.82 Å². The van der Waals surface area contributed by atoms with Gasteiger partial charge in [0.1, 0.15) is 5.82 Å². The Bertz CT molecular complexity index is 877. The number of aryl methyl sites for hydroxylation is 2. The standard InChI is InChI=1S/C20H22BN3/c1-14(2)24-18-11-6-5-10-17(18)20-22-12-13-23(20)21(24)19-15(3)8-7-9-16(19)4/h5-14H,1-4H3. The van der Waals surface area contributed by atoms with Crippen molar-refractivity contribution in [3.8, 4) is 11.4 Å². The lowest BCUT2D eigenvalue weighted by Gasteiger charge is -2.41. The molecule has 0 spiro atoms. The van der Waals surface area contributed by atoms with E-state index in [9.17, 15) is 0 Å². The summed E-state index contributed by atoms with van der Waals surface area (Å²) in [4.78, 5) is 7.18. The molecule has 0 amide bonds. The number of nitrogens with zero attached hydrogens (tertiary/aromatic N) is 3. The number of hydrogen-bond donors (Lipinski definition) is 0. The molecule has 0 saturated heterocycles. The first-order valence-electron chi connectivity index (χ1n) is 8.56. The third-order valence-corrected chi connectivity index (χ3v) is 4.98. The normalized spacial score (nSPS) is 13.2. The van der Waals surface area contributed by atoms with Gasteiger partial charge in [0.2, 0.25) is 0 Å². The van der Waals surface area contributed by atoms with E-state index in [1.807, 2.05) is 6.20 Å². The zero-order valence-electron chi connectivity index (χ0n) is 14.7. The number of para-hydroxylation sites is 1. The van der Waals surface area contributed by atoms with Crippen molar-refractivity contribution in [2.24, 2.45) is 0 Å². The Labute approximate surface area is 144 Å². The summed E-state index contributed by atoms with van der Waals surface area (Å²) in [5.74, 6) is 1.05. The van der Waals surface area contributed by atoms with Gasteiger partial charge in [-0.2, -0.15) is 0 Å². The fourth-order valence-electron chi connectivity index (χ4n) is 3.95. The van der Waals surface area contributed by atoms with Crippen molar-refractivity contribution < 1.29 is 0 Å². The van der Waals surface area contributed by atoms with Crippen LogP contribution in [0, 0.1) is 13.8 Å². The average Bonchev–Trinajstić information content (AvgIpc) is 3.04. The molecule has 2 aromatic carbocycles. The van der Waals surface area contributed by atoms with E-state index in [1.165, 1.54) is 27.8 Å². The lowest BCUT2D eigenvalue weighted by atomic mass is 9.59. The SMILES string of the molecule is Cc1cccc(C)c1B1N(C(C)C)c2ccccc2-c2nccn21. The molecule has 1 aromatic heterocycles. The van der Waals surface area contributed by atoms with Crippen LogP contribution in [0.2, 0.25) is 0 Å². The van der Waals surface area contributed by atoms with Gasteiger partial charge in [0.25, 0.3) is 0 Å². The first kappa shape index (κ1) is 15.1. The second-order valence-electron chi connectivity index (χ2n) is 6.86. The average molecular weight is 315 g/mol. The maximum Gasteiger partial charge on any atom is 0.417 e. The minimum absolute atomic E-state index is 0.138. The van der Waals surface area contributed by atoms with E-state index in [2.05, 4.69) is 90.6 Å². The topological polar surface area (TPSA) is 21.1 Å². The van der Waals surface area contributed by atoms with E-state index in [1.54, 1.807) is 0 Å². The number of imidazole rings is 1. The Hall–Kier alpha value is -2.49. The van der Waals surface area contributed by atoms with Gasteiger partial charge in [-0.25, -0.2) is 4.98 Å². The highest BCUT2D eigenvalue weighted by molar-refractivity contribution is 6.77. The Balaban J connectivity index is 2.03. The van der Waals surface area contributed by atoms with Gasteiger partial charge in [-0.3, -0.25) is 0 Å². The molecule has 1 aliphatic heterocycles. The fourth-order valence-corrected chi connectivity index (χ4v) is 3.95. The van der Waals surface area contributed by atoms with Crippen molar-refractivity contribution in [2.75, 3.05) is 4.81 Å². The zero-order chi connectivity index (χ0) is 16.8. The zero-order valence-corrected chi connectivity index (χ0v) is 14.7. The van der Waals surface area contributed by atoms with Crippen LogP contribution in [0.25, 0.3) is 11.4 Å². The van der Waals surface area contributed by atoms with Crippen LogP contribution in [0.3, 0.4) is 0 Å². The molecule has 1 aliphatic rings. The minimum atomic E-state index is 0.138. The van der Waals surface area contributed by atoms with Gasteiger partial charge in [-0.1, -0.05) is 41.5 Å². The number of benzene rings is 2. The number of fused-ring (bicyclic) bond motifs is 3. The Morgan fingerprint density at radius 2 is 1.67 bits per heavy atom.